The predicted molar refractivity (Wildman–Crippen MR) is 129 cm³/mol. The highest BCUT2D eigenvalue weighted by Crippen LogP contribution is 2.63. The molecule has 0 spiro atoms. The molecular weight excluding hydrogens is 485 g/mol. The van der Waals surface area contributed by atoms with E-state index < -0.39 is 0 Å². The molecule has 0 unspecified atom stereocenters. The number of para-hydroxylation sites is 2. The topological polar surface area (TPSA) is 74.8 Å². The molecule has 0 saturated heterocycles. The highest BCUT2D eigenvalue weighted by atomic mass is 32.2. The summed E-state index contributed by atoms with van der Waals surface area (Å²) in [6.45, 7) is 0. The normalized spacial score (nSPS) is 20.4. The molecule has 4 amide bonds. The van der Waals surface area contributed by atoms with E-state index in [0.29, 0.717) is 31.0 Å². The van der Waals surface area contributed by atoms with Gasteiger partial charge in [0.05, 0.1) is 39.5 Å². The quantitative estimate of drug-likeness (QED) is 0.559. The molecule has 0 N–H and O–H groups in total. The highest BCUT2D eigenvalue weighted by molar-refractivity contribution is 8.35. The van der Waals surface area contributed by atoms with E-state index in [2.05, 4.69) is 0 Å². The molecule has 0 fully saturated rings. The zero-order valence-electron chi connectivity index (χ0n) is 15.9. The van der Waals surface area contributed by atoms with Crippen molar-refractivity contribution in [2.75, 3.05) is 9.80 Å². The second-order valence-corrected chi connectivity index (χ2v) is 11.5. The maximum atomic E-state index is 12.9. The summed E-state index contributed by atoms with van der Waals surface area (Å²) >= 11 is 4.93. The minimum atomic E-state index is -0.347. The average molecular weight is 495 g/mol. The van der Waals surface area contributed by atoms with E-state index in [1.165, 1.54) is 56.8 Å². The summed E-state index contributed by atoms with van der Waals surface area (Å²) in [5.41, 5.74) is 1.07. The van der Waals surface area contributed by atoms with E-state index in [1.54, 1.807) is 48.5 Å². The molecule has 32 heavy (non-hydrogen) atoms. The number of imide groups is 2. The number of thioether (sulfide) groups is 4. The van der Waals surface area contributed by atoms with Crippen molar-refractivity contribution < 1.29 is 19.2 Å². The van der Waals surface area contributed by atoms with Crippen LogP contribution in [0.15, 0.2) is 88.8 Å². The second-order valence-electron chi connectivity index (χ2n) is 6.86. The molecule has 6 rings (SSSR count). The van der Waals surface area contributed by atoms with Gasteiger partial charge in [0, 0.05) is 0 Å². The number of amides is 4. The number of hydrogen-bond acceptors (Lipinski definition) is 8. The van der Waals surface area contributed by atoms with Crippen molar-refractivity contribution in [2.45, 2.75) is 0 Å². The van der Waals surface area contributed by atoms with Gasteiger partial charge in [0.25, 0.3) is 23.6 Å². The molecule has 4 aliphatic rings. The first-order valence-electron chi connectivity index (χ1n) is 9.36. The van der Waals surface area contributed by atoms with E-state index in [-0.39, 0.29) is 23.6 Å². The lowest BCUT2D eigenvalue weighted by atomic mass is 10.3. The molecule has 156 valence electrons. The Hall–Kier alpha value is -2.66. The van der Waals surface area contributed by atoms with Crippen LogP contribution in [0.25, 0.3) is 0 Å². The third-order valence-corrected chi connectivity index (χ3v) is 10.6. The Morgan fingerprint density at radius 2 is 0.719 bits per heavy atom. The van der Waals surface area contributed by atoms with E-state index in [1.807, 2.05) is 12.1 Å². The summed E-state index contributed by atoms with van der Waals surface area (Å²) in [5, 5.41) is 0. The summed E-state index contributed by atoms with van der Waals surface area (Å²) in [4.78, 5) is 55.6. The van der Waals surface area contributed by atoms with Crippen molar-refractivity contribution >= 4 is 82.1 Å². The van der Waals surface area contributed by atoms with Gasteiger partial charge in [0.1, 0.15) is 0 Å². The summed E-state index contributed by atoms with van der Waals surface area (Å²) in [7, 11) is 0. The first-order chi connectivity index (χ1) is 15.5. The van der Waals surface area contributed by atoms with Crippen LogP contribution in [-0.4, -0.2) is 23.6 Å². The van der Waals surface area contributed by atoms with Crippen LogP contribution in [-0.2, 0) is 19.2 Å². The van der Waals surface area contributed by atoms with Gasteiger partial charge in [-0.15, -0.1) is 0 Å². The number of carbonyl (C=O) groups excluding carboxylic acids is 4. The molecule has 2 aromatic carbocycles. The lowest BCUT2D eigenvalue weighted by molar-refractivity contribution is -0.121. The van der Waals surface area contributed by atoms with Crippen LogP contribution < -0.4 is 9.80 Å². The SMILES string of the molecule is O=C1C2=C(SC(=C3SC4=C(S3)C(=O)N(c3ccccc3)C4=O)S2)C(=O)N1c1ccccc1. The third kappa shape index (κ3) is 2.87. The van der Waals surface area contributed by atoms with Gasteiger partial charge in [-0.3, -0.25) is 19.2 Å². The Morgan fingerprint density at radius 3 is 1.00 bits per heavy atom. The zero-order valence-corrected chi connectivity index (χ0v) is 19.2. The fraction of sp³-hybridized carbons (Fsp3) is 0. The third-order valence-electron chi connectivity index (χ3n) is 4.98. The number of benzene rings is 2. The minimum absolute atomic E-state index is 0.347. The van der Waals surface area contributed by atoms with Gasteiger partial charge in [-0.2, -0.15) is 0 Å². The van der Waals surface area contributed by atoms with Crippen LogP contribution in [0.2, 0.25) is 0 Å². The number of nitrogens with zero attached hydrogens (tertiary/aromatic N) is 2. The summed E-state index contributed by atoms with van der Waals surface area (Å²) in [6, 6.07) is 17.6. The van der Waals surface area contributed by atoms with Crippen LogP contribution >= 0.6 is 47.0 Å². The van der Waals surface area contributed by atoms with Crippen LogP contribution in [0.4, 0.5) is 11.4 Å². The van der Waals surface area contributed by atoms with Crippen molar-refractivity contribution in [1.82, 2.24) is 0 Å². The monoisotopic (exact) mass is 494 g/mol. The van der Waals surface area contributed by atoms with Gasteiger partial charge in [0.15, 0.2) is 0 Å². The molecule has 2 aromatic rings. The number of hydrogen-bond donors (Lipinski definition) is 0. The number of anilines is 2. The largest absolute Gasteiger partial charge is 0.273 e. The Morgan fingerprint density at radius 1 is 0.438 bits per heavy atom. The van der Waals surface area contributed by atoms with Gasteiger partial charge in [0.2, 0.25) is 0 Å². The first kappa shape index (κ1) is 20.0. The van der Waals surface area contributed by atoms with Crippen molar-refractivity contribution in [3.05, 3.63) is 88.8 Å². The van der Waals surface area contributed by atoms with Crippen LogP contribution in [0.5, 0.6) is 0 Å². The smallest absolute Gasteiger partial charge is 0.268 e. The maximum Gasteiger partial charge on any atom is 0.273 e. The zero-order chi connectivity index (χ0) is 22.0. The number of carbonyl (C=O) groups is 4. The summed E-state index contributed by atoms with van der Waals surface area (Å²) < 4.78 is 1.50. The first-order valence-corrected chi connectivity index (χ1v) is 12.6. The molecule has 0 aromatic heterocycles. The van der Waals surface area contributed by atoms with Crippen LogP contribution in [0, 0.1) is 0 Å². The number of rotatable bonds is 2. The highest BCUT2D eigenvalue weighted by Gasteiger charge is 2.49. The van der Waals surface area contributed by atoms with Crippen molar-refractivity contribution in [2.24, 2.45) is 0 Å². The average Bonchev–Trinajstić information content (AvgIpc) is 3.54. The van der Waals surface area contributed by atoms with E-state index in [0.717, 1.165) is 8.47 Å². The molecule has 4 aliphatic heterocycles. The lowest BCUT2D eigenvalue weighted by Gasteiger charge is -2.18. The summed E-state index contributed by atoms with van der Waals surface area (Å²) in [6.07, 6.45) is 0. The van der Waals surface area contributed by atoms with Crippen molar-refractivity contribution in [1.29, 1.82) is 0 Å². The maximum absolute atomic E-state index is 12.9. The fourth-order valence-electron chi connectivity index (χ4n) is 3.54. The molecule has 4 heterocycles. The minimum Gasteiger partial charge on any atom is -0.268 e. The van der Waals surface area contributed by atoms with Gasteiger partial charge < -0.3 is 0 Å². The molecule has 6 nitrogen and oxygen atoms in total. The van der Waals surface area contributed by atoms with Crippen LogP contribution in [0.3, 0.4) is 0 Å². The van der Waals surface area contributed by atoms with E-state index in [9.17, 15) is 19.2 Å². The Labute approximate surface area is 199 Å². The molecule has 0 bridgehead atoms. The molecule has 0 aliphatic carbocycles. The molecule has 0 atom stereocenters. The van der Waals surface area contributed by atoms with Crippen molar-refractivity contribution in [3.8, 4) is 0 Å². The van der Waals surface area contributed by atoms with Gasteiger partial charge in [-0.25, -0.2) is 9.80 Å². The second kappa shape index (κ2) is 7.45. The van der Waals surface area contributed by atoms with Gasteiger partial charge in [-0.05, 0) is 24.3 Å². The molecule has 10 heteroatoms. The molecular formula is C22H10N2O4S4. The van der Waals surface area contributed by atoms with Gasteiger partial charge >= 0.3 is 0 Å². The van der Waals surface area contributed by atoms with E-state index >= 15 is 0 Å². The fourth-order valence-corrected chi connectivity index (χ4v) is 8.88. The Balaban J connectivity index is 1.23. The van der Waals surface area contributed by atoms with Crippen LogP contribution in [0.1, 0.15) is 0 Å². The van der Waals surface area contributed by atoms with Gasteiger partial charge in [-0.1, -0.05) is 83.4 Å². The Kier molecular flexibility index (Phi) is 4.65. The molecule has 0 radical (unpaired) electrons. The predicted octanol–water partition coefficient (Wildman–Crippen LogP) is 4.64. The Bertz CT molecular complexity index is 1190. The standard InChI is InChI=1S/C22H10N2O4S4/c25-17-13-14(18(26)23(17)11-7-3-1-4-8-11)30-21(29-13)22-31-15-16(32-22)20(28)24(19(15)27)12-9-5-2-6-10-12/h1-10H. The lowest BCUT2D eigenvalue weighted by Crippen LogP contribution is -2.31. The molecule has 0 saturated carbocycles. The summed E-state index contributed by atoms with van der Waals surface area (Å²) in [5.74, 6) is -1.39. The van der Waals surface area contributed by atoms with Crippen molar-refractivity contribution in [3.63, 3.8) is 0 Å². The van der Waals surface area contributed by atoms with E-state index in [4.69, 9.17) is 0 Å².